The summed E-state index contributed by atoms with van der Waals surface area (Å²) in [5.74, 6) is -0.878. The molecule has 0 heterocycles. The van der Waals surface area contributed by atoms with Crippen LogP contribution in [0.3, 0.4) is 0 Å². The number of halogens is 1. The number of hydrazine groups is 1. The van der Waals surface area contributed by atoms with Crippen LogP contribution in [0.5, 0.6) is 5.75 Å². The van der Waals surface area contributed by atoms with E-state index < -0.39 is 11.8 Å². The first-order chi connectivity index (χ1) is 15.8. The Morgan fingerprint density at radius 3 is 2.00 bits per heavy atom. The minimum Gasteiger partial charge on any atom is -0.490 e. The second kappa shape index (κ2) is 11.6. The minimum atomic E-state index is -0.547. The number of rotatable bonds is 6. The summed E-state index contributed by atoms with van der Waals surface area (Å²) in [7, 11) is 0. The normalized spacial score (nSPS) is 10.6. The molecule has 0 saturated heterocycles. The number of carbonyl (C=O) groups is 2. The van der Waals surface area contributed by atoms with E-state index in [0.717, 1.165) is 15.6 Å². The van der Waals surface area contributed by atoms with E-state index in [0.29, 0.717) is 11.3 Å². The first-order valence-corrected chi connectivity index (χ1v) is 11.5. The maximum Gasteiger partial charge on any atom is 0.261 e. The van der Waals surface area contributed by atoms with Crippen molar-refractivity contribution >= 4 is 45.1 Å². The highest BCUT2D eigenvalue weighted by Crippen LogP contribution is 2.25. The summed E-state index contributed by atoms with van der Waals surface area (Å²) < 4.78 is 6.44. The maximum absolute atomic E-state index is 13.1. The predicted molar refractivity (Wildman–Crippen MR) is 136 cm³/mol. The van der Waals surface area contributed by atoms with Gasteiger partial charge in [-0.1, -0.05) is 76.6 Å². The Labute approximate surface area is 206 Å². The predicted octanol–water partition coefficient (Wildman–Crippen LogP) is 4.70. The van der Waals surface area contributed by atoms with Crippen LogP contribution in [0.25, 0.3) is 0 Å². The van der Waals surface area contributed by atoms with Crippen LogP contribution in [0.1, 0.15) is 41.3 Å². The van der Waals surface area contributed by atoms with Crippen molar-refractivity contribution in [3.05, 3.63) is 100 Å². The fourth-order valence-corrected chi connectivity index (χ4v) is 3.72. The molecule has 3 aromatic carbocycles. The largest absolute Gasteiger partial charge is 0.490 e. The highest BCUT2D eigenvalue weighted by Gasteiger charge is 2.23. The zero-order valence-electron chi connectivity index (χ0n) is 18.2. The Balaban J connectivity index is 1.68. The number of thiocarbonyl (C=S) groups is 1. The Bertz CT molecular complexity index is 1080. The summed E-state index contributed by atoms with van der Waals surface area (Å²) in [6.45, 7) is 3.75. The van der Waals surface area contributed by atoms with Crippen molar-refractivity contribution in [1.29, 1.82) is 0 Å². The molecule has 0 saturated carbocycles. The van der Waals surface area contributed by atoms with E-state index in [1.165, 1.54) is 0 Å². The molecule has 0 spiro atoms. The number of amides is 2. The number of hydrogen-bond acceptors (Lipinski definition) is 4. The molecule has 0 bridgehead atoms. The van der Waals surface area contributed by atoms with Crippen LogP contribution in [0.2, 0.25) is 0 Å². The van der Waals surface area contributed by atoms with Crippen molar-refractivity contribution in [2.24, 2.45) is 0 Å². The number of carbonyl (C=O) groups excluding carboxylic acids is 2. The topological polar surface area (TPSA) is 79.5 Å². The molecule has 33 heavy (non-hydrogen) atoms. The van der Waals surface area contributed by atoms with Crippen LogP contribution in [-0.2, 0) is 4.79 Å². The Morgan fingerprint density at radius 2 is 1.45 bits per heavy atom. The van der Waals surface area contributed by atoms with Crippen molar-refractivity contribution in [3.8, 4) is 5.75 Å². The number of nitrogens with one attached hydrogen (secondary N) is 3. The summed E-state index contributed by atoms with van der Waals surface area (Å²) in [4.78, 5) is 25.8. The van der Waals surface area contributed by atoms with Crippen LogP contribution in [0.4, 0.5) is 0 Å². The second-order valence-corrected chi connectivity index (χ2v) is 8.78. The van der Waals surface area contributed by atoms with Gasteiger partial charge in [-0.3, -0.25) is 25.8 Å². The summed E-state index contributed by atoms with van der Waals surface area (Å²) in [6, 6.07) is 24.0. The molecule has 0 aliphatic carbocycles. The standard InChI is InChI=1S/C25H24BrN3O3S/c1-16(2)32-21-14-13-19(26)15-20(21)23(30)27-25(33)29-28-24(31)22(17-9-5-3-6-10-17)18-11-7-4-8-12-18/h3-16,22H,1-2H3,(H,28,31)(H2,27,29,30,33). The van der Waals surface area contributed by atoms with Crippen molar-refractivity contribution in [2.45, 2.75) is 25.9 Å². The molecule has 0 fully saturated rings. The summed E-state index contributed by atoms with van der Waals surface area (Å²) in [6.07, 6.45) is -0.102. The van der Waals surface area contributed by atoms with Gasteiger partial charge in [0.1, 0.15) is 5.75 Å². The second-order valence-electron chi connectivity index (χ2n) is 7.46. The van der Waals surface area contributed by atoms with Crippen LogP contribution >= 0.6 is 28.1 Å². The highest BCUT2D eigenvalue weighted by atomic mass is 79.9. The van der Waals surface area contributed by atoms with Crippen molar-refractivity contribution in [3.63, 3.8) is 0 Å². The van der Waals surface area contributed by atoms with Gasteiger partial charge in [0.15, 0.2) is 5.11 Å². The zero-order valence-corrected chi connectivity index (χ0v) is 20.6. The van der Waals surface area contributed by atoms with Crippen molar-refractivity contribution in [2.75, 3.05) is 0 Å². The van der Waals surface area contributed by atoms with E-state index in [4.69, 9.17) is 17.0 Å². The van der Waals surface area contributed by atoms with Gasteiger partial charge in [-0.05, 0) is 55.4 Å². The van der Waals surface area contributed by atoms with Crippen LogP contribution in [0, 0.1) is 0 Å². The monoisotopic (exact) mass is 525 g/mol. The van der Waals surface area contributed by atoms with Gasteiger partial charge >= 0.3 is 0 Å². The number of benzene rings is 3. The van der Waals surface area contributed by atoms with E-state index in [-0.39, 0.29) is 17.1 Å². The van der Waals surface area contributed by atoms with Gasteiger partial charge in [-0.25, -0.2) is 0 Å². The average Bonchev–Trinajstić information content (AvgIpc) is 2.80. The third-order valence-corrected chi connectivity index (χ3v) is 5.30. The molecule has 3 N–H and O–H groups in total. The van der Waals surface area contributed by atoms with E-state index in [9.17, 15) is 9.59 Å². The molecule has 6 nitrogen and oxygen atoms in total. The first-order valence-electron chi connectivity index (χ1n) is 10.3. The SMILES string of the molecule is CC(C)Oc1ccc(Br)cc1C(=O)NC(=S)NNC(=O)C(c1ccccc1)c1ccccc1. The van der Waals surface area contributed by atoms with Gasteiger partial charge < -0.3 is 4.74 Å². The average molecular weight is 526 g/mol. The molecule has 0 atom stereocenters. The first kappa shape index (κ1) is 24.4. The highest BCUT2D eigenvalue weighted by molar-refractivity contribution is 9.10. The van der Waals surface area contributed by atoms with Gasteiger partial charge in [0, 0.05) is 4.47 Å². The molecule has 3 rings (SSSR count). The molecule has 0 aliphatic heterocycles. The Kier molecular flexibility index (Phi) is 8.57. The summed E-state index contributed by atoms with van der Waals surface area (Å²) in [5, 5.41) is 2.54. The molecule has 8 heteroatoms. The zero-order chi connectivity index (χ0) is 23.8. The third-order valence-electron chi connectivity index (χ3n) is 4.60. The van der Waals surface area contributed by atoms with Crippen LogP contribution < -0.4 is 20.9 Å². The molecule has 0 radical (unpaired) electrons. The molecular weight excluding hydrogens is 502 g/mol. The lowest BCUT2D eigenvalue weighted by Crippen LogP contribution is -2.49. The van der Waals surface area contributed by atoms with Gasteiger partial charge in [0.05, 0.1) is 17.6 Å². The van der Waals surface area contributed by atoms with Gasteiger partial charge in [-0.15, -0.1) is 0 Å². The number of ether oxygens (including phenoxy) is 1. The minimum absolute atomic E-state index is 0.0382. The van der Waals surface area contributed by atoms with E-state index in [2.05, 4.69) is 32.1 Å². The summed E-state index contributed by atoms with van der Waals surface area (Å²) in [5.41, 5.74) is 7.23. The fourth-order valence-electron chi connectivity index (χ4n) is 3.21. The van der Waals surface area contributed by atoms with Gasteiger partial charge in [-0.2, -0.15) is 0 Å². The van der Waals surface area contributed by atoms with Crippen LogP contribution in [0.15, 0.2) is 83.3 Å². The lowest BCUT2D eigenvalue weighted by atomic mass is 9.91. The van der Waals surface area contributed by atoms with Gasteiger partial charge in [0.2, 0.25) is 5.91 Å². The molecule has 0 aromatic heterocycles. The van der Waals surface area contributed by atoms with E-state index >= 15 is 0 Å². The Morgan fingerprint density at radius 1 is 0.879 bits per heavy atom. The molecule has 0 unspecified atom stereocenters. The molecule has 3 aromatic rings. The van der Waals surface area contributed by atoms with E-state index in [1.807, 2.05) is 74.5 Å². The maximum atomic E-state index is 13.1. The van der Waals surface area contributed by atoms with Gasteiger partial charge in [0.25, 0.3) is 5.91 Å². The molecule has 0 aliphatic rings. The quantitative estimate of drug-likeness (QED) is 0.321. The van der Waals surface area contributed by atoms with E-state index in [1.54, 1.807) is 18.2 Å². The molecule has 2 amide bonds. The van der Waals surface area contributed by atoms with Crippen molar-refractivity contribution < 1.29 is 14.3 Å². The Hall–Kier alpha value is -3.23. The fraction of sp³-hybridized carbons (Fsp3) is 0.160. The number of hydrogen-bond donors (Lipinski definition) is 3. The third kappa shape index (κ3) is 6.87. The molecule has 170 valence electrons. The smallest absolute Gasteiger partial charge is 0.261 e. The lowest BCUT2D eigenvalue weighted by Gasteiger charge is -2.19. The molecular formula is C25H24BrN3O3S. The lowest BCUT2D eigenvalue weighted by molar-refractivity contribution is -0.122. The van der Waals surface area contributed by atoms with Crippen molar-refractivity contribution in [1.82, 2.24) is 16.2 Å². The summed E-state index contributed by atoms with van der Waals surface area (Å²) >= 11 is 8.59. The van der Waals surface area contributed by atoms with Crippen LogP contribution in [-0.4, -0.2) is 23.0 Å².